The highest BCUT2D eigenvalue weighted by Gasteiger charge is 2.64. The van der Waals surface area contributed by atoms with Gasteiger partial charge < -0.3 is 69.7 Å². The Morgan fingerprint density at radius 2 is 1.55 bits per heavy atom. The van der Waals surface area contributed by atoms with Crippen molar-refractivity contribution in [2.75, 3.05) is 6.61 Å². The minimum atomic E-state index is -2.77. The first-order valence-electron chi connectivity index (χ1n) is 12.8. The van der Waals surface area contributed by atoms with Gasteiger partial charge in [-0.25, -0.2) is 0 Å². The zero-order valence-electron chi connectivity index (χ0n) is 21.9. The van der Waals surface area contributed by atoms with Crippen molar-refractivity contribution < 1.29 is 69.7 Å². The van der Waals surface area contributed by atoms with Crippen LogP contribution >= 0.6 is 0 Å². The fraction of sp³-hybridized carbons (Fsp3) is 0.444. The number of rotatable bonds is 5. The number of hydrogen-bond donors (Lipinski definition) is 10. The Labute approximate surface area is 236 Å². The molecule has 0 saturated carbocycles. The highest BCUT2D eigenvalue weighted by atomic mass is 16.7. The molecule has 0 unspecified atom stereocenters. The van der Waals surface area contributed by atoms with E-state index in [0.717, 1.165) is 12.1 Å². The van der Waals surface area contributed by atoms with Gasteiger partial charge in [0.15, 0.2) is 11.4 Å². The fourth-order valence-electron chi connectivity index (χ4n) is 5.33. The van der Waals surface area contributed by atoms with Crippen molar-refractivity contribution in [3.63, 3.8) is 0 Å². The number of phenols is 3. The molecule has 10 N–H and O–H groups in total. The summed E-state index contributed by atoms with van der Waals surface area (Å²) in [6.07, 6.45) is -16.7. The average Bonchev–Trinajstić information content (AvgIpc) is 2.95. The largest absolute Gasteiger partial charge is 0.508 e. The lowest BCUT2D eigenvalue weighted by atomic mass is 9.75. The predicted molar refractivity (Wildman–Crippen MR) is 139 cm³/mol. The van der Waals surface area contributed by atoms with Gasteiger partial charge in [0.05, 0.1) is 12.7 Å². The van der Waals surface area contributed by atoms with E-state index in [-0.39, 0.29) is 22.7 Å². The Morgan fingerprint density at radius 1 is 0.881 bits per heavy atom. The lowest BCUT2D eigenvalue weighted by molar-refractivity contribution is -0.360. The van der Waals surface area contributed by atoms with Crippen LogP contribution < -0.4 is 10.2 Å². The molecule has 0 amide bonds. The monoisotopic (exact) mass is 594 g/mol. The van der Waals surface area contributed by atoms with Crippen LogP contribution in [0.3, 0.4) is 0 Å². The van der Waals surface area contributed by atoms with Crippen molar-refractivity contribution in [2.45, 2.75) is 67.6 Å². The maximum Gasteiger partial charge on any atom is 0.239 e. The van der Waals surface area contributed by atoms with Gasteiger partial charge in [-0.2, -0.15) is 0 Å². The maximum atomic E-state index is 13.6. The summed E-state index contributed by atoms with van der Waals surface area (Å²) in [7, 11) is 0. The Kier molecular flexibility index (Phi) is 7.82. The van der Waals surface area contributed by atoms with Gasteiger partial charge >= 0.3 is 0 Å². The third kappa shape index (κ3) is 4.74. The number of aliphatic hydroxyl groups excluding tert-OH is 6. The second-order valence-electron chi connectivity index (χ2n) is 10.3. The van der Waals surface area contributed by atoms with Gasteiger partial charge in [-0.05, 0) is 31.2 Å². The molecule has 15 nitrogen and oxygen atoms in total. The molecule has 5 rings (SSSR count). The summed E-state index contributed by atoms with van der Waals surface area (Å²) in [5.41, 5.74) is -3.86. The molecule has 2 aromatic carbocycles. The van der Waals surface area contributed by atoms with Crippen LogP contribution in [0, 0.1) is 0 Å². The molecule has 2 fully saturated rings. The van der Waals surface area contributed by atoms with Crippen LogP contribution in [0.15, 0.2) is 45.6 Å². The molecule has 2 saturated heterocycles. The normalized spacial score (nSPS) is 35.3. The van der Waals surface area contributed by atoms with Gasteiger partial charge in [-0.1, -0.05) is 0 Å². The molecule has 0 aliphatic carbocycles. The Morgan fingerprint density at radius 3 is 2.19 bits per heavy atom. The molecule has 1 aromatic heterocycles. The molecule has 2 aliphatic rings. The van der Waals surface area contributed by atoms with Crippen molar-refractivity contribution in [3.05, 3.63) is 46.6 Å². The van der Waals surface area contributed by atoms with Crippen LogP contribution in [0.2, 0.25) is 0 Å². The van der Waals surface area contributed by atoms with E-state index in [1.807, 2.05) is 0 Å². The van der Waals surface area contributed by atoms with E-state index in [1.165, 1.54) is 31.2 Å². The van der Waals surface area contributed by atoms with Gasteiger partial charge in [0.25, 0.3) is 0 Å². The van der Waals surface area contributed by atoms with Crippen molar-refractivity contribution in [1.29, 1.82) is 0 Å². The second-order valence-corrected chi connectivity index (χ2v) is 10.3. The van der Waals surface area contributed by atoms with Gasteiger partial charge in [0, 0.05) is 17.7 Å². The standard InChI is InChI=1S/C27H30O15/c1-9-17(32)19(34)20(35)25(39-9)27(38)15(8-28)41-26(21(36)24(27)37)42-23-18(33)16-13(31)6-12(30)7-14(16)40-22(23)10-2-4-11(29)5-3-10/h2-7,9,15,17,19-21,24-26,28-32,34-38H,8H2,1H3/t9-,15+,17-,19+,20+,21+,24+,25+,26-,27+/m0/s1. The minimum Gasteiger partial charge on any atom is -0.508 e. The molecule has 228 valence electrons. The number of phenolic OH excluding ortho intramolecular Hbond substituents is 3. The summed E-state index contributed by atoms with van der Waals surface area (Å²) < 4.78 is 22.5. The summed E-state index contributed by atoms with van der Waals surface area (Å²) >= 11 is 0. The number of ether oxygens (including phenoxy) is 3. The summed E-state index contributed by atoms with van der Waals surface area (Å²) in [6.45, 7) is 0.276. The molecular formula is C27H30O15. The summed E-state index contributed by atoms with van der Waals surface area (Å²) in [6, 6.07) is 7.16. The maximum absolute atomic E-state index is 13.6. The zero-order chi connectivity index (χ0) is 30.7. The topological polar surface area (TPSA) is 260 Å². The first-order chi connectivity index (χ1) is 19.8. The second kappa shape index (κ2) is 11.0. The SMILES string of the molecule is C[C@@H]1O[C@@H]([C@]2(O)[C@H](O)[C@@H](O)[C@H](Oc3c(-c4ccc(O)cc4)oc4cc(O)cc(O)c4c3=O)O[C@@H]2CO)[C@H](O)[C@H](O)[C@H]1O. The lowest BCUT2D eigenvalue weighted by Crippen LogP contribution is -2.77. The first kappa shape index (κ1) is 30.0. The quantitative estimate of drug-likeness (QED) is 0.153. The third-order valence-corrected chi connectivity index (χ3v) is 7.65. The molecule has 0 spiro atoms. The Bertz CT molecular complexity index is 1500. The fourth-order valence-corrected chi connectivity index (χ4v) is 5.33. The van der Waals surface area contributed by atoms with Crippen molar-refractivity contribution in [2.24, 2.45) is 0 Å². The number of hydrogen-bond acceptors (Lipinski definition) is 15. The number of aliphatic hydroxyl groups is 7. The number of fused-ring (bicyclic) bond motifs is 1. The average molecular weight is 595 g/mol. The van der Waals surface area contributed by atoms with Crippen LogP contribution in [0.1, 0.15) is 6.92 Å². The van der Waals surface area contributed by atoms with E-state index in [9.17, 15) is 55.9 Å². The van der Waals surface area contributed by atoms with Gasteiger partial charge in [-0.3, -0.25) is 4.79 Å². The van der Waals surface area contributed by atoms with Crippen LogP contribution in [-0.2, 0) is 9.47 Å². The van der Waals surface area contributed by atoms with Gasteiger partial charge in [0.2, 0.25) is 17.5 Å². The summed E-state index contributed by atoms with van der Waals surface area (Å²) in [4.78, 5) is 13.6. The first-order valence-corrected chi connectivity index (χ1v) is 12.8. The highest BCUT2D eigenvalue weighted by molar-refractivity contribution is 5.88. The van der Waals surface area contributed by atoms with Crippen molar-refractivity contribution >= 4 is 11.0 Å². The lowest BCUT2D eigenvalue weighted by Gasteiger charge is -2.54. The zero-order valence-corrected chi connectivity index (χ0v) is 21.9. The van der Waals surface area contributed by atoms with Crippen molar-refractivity contribution in [3.8, 4) is 34.3 Å². The van der Waals surface area contributed by atoms with E-state index >= 15 is 0 Å². The van der Waals surface area contributed by atoms with E-state index in [2.05, 4.69) is 0 Å². The van der Waals surface area contributed by atoms with Gasteiger partial charge in [0.1, 0.15) is 70.9 Å². The molecule has 0 bridgehead atoms. The molecule has 10 atom stereocenters. The molecular weight excluding hydrogens is 564 g/mol. The molecule has 3 aromatic rings. The van der Waals surface area contributed by atoms with Gasteiger partial charge in [-0.15, -0.1) is 0 Å². The molecule has 2 aliphatic heterocycles. The minimum absolute atomic E-state index is 0.127. The third-order valence-electron chi connectivity index (χ3n) is 7.65. The molecule has 42 heavy (non-hydrogen) atoms. The predicted octanol–water partition coefficient (Wildman–Crippen LogP) is -2.00. The number of aromatic hydroxyl groups is 3. The van der Waals surface area contributed by atoms with E-state index < -0.39 is 95.4 Å². The molecule has 0 radical (unpaired) electrons. The highest BCUT2D eigenvalue weighted by Crippen LogP contribution is 2.41. The summed E-state index contributed by atoms with van der Waals surface area (Å²) in [5, 5.41) is 104. The van der Waals surface area contributed by atoms with E-state index in [0.29, 0.717) is 0 Å². The van der Waals surface area contributed by atoms with Crippen LogP contribution in [-0.4, -0.2) is 118 Å². The van der Waals surface area contributed by atoms with Crippen LogP contribution in [0.5, 0.6) is 23.0 Å². The van der Waals surface area contributed by atoms with E-state index in [4.69, 9.17) is 18.6 Å². The van der Waals surface area contributed by atoms with E-state index in [1.54, 1.807) is 0 Å². The Balaban J connectivity index is 1.57. The summed E-state index contributed by atoms with van der Waals surface area (Å²) in [5.74, 6) is -2.19. The Hall–Kier alpha value is -3.51. The van der Waals surface area contributed by atoms with Crippen LogP contribution in [0.25, 0.3) is 22.3 Å². The molecule has 3 heterocycles. The van der Waals surface area contributed by atoms with Crippen molar-refractivity contribution in [1.82, 2.24) is 0 Å². The molecule has 15 heteroatoms. The van der Waals surface area contributed by atoms with Crippen LogP contribution in [0.4, 0.5) is 0 Å². The number of benzene rings is 2. The smallest absolute Gasteiger partial charge is 0.239 e.